The Morgan fingerprint density at radius 1 is 1.22 bits per heavy atom. The van der Waals surface area contributed by atoms with Crippen molar-refractivity contribution in [1.82, 2.24) is 4.98 Å². The quantitative estimate of drug-likeness (QED) is 0.438. The number of aryl methyl sites for hydroxylation is 2. The molecule has 138 valence electrons. The zero-order valence-electron chi connectivity index (χ0n) is 15.8. The summed E-state index contributed by atoms with van der Waals surface area (Å²) in [5.41, 5.74) is 4.71. The van der Waals surface area contributed by atoms with E-state index in [1.54, 1.807) is 18.3 Å². The molecule has 5 heteroatoms. The van der Waals surface area contributed by atoms with E-state index in [9.17, 15) is 9.90 Å². The monoisotopic (exact) mass is 379 g/mol. The SMILES string of the molecule is CCOC(=O)c1c(O)c(C)c(-c2cc(C)sc2C)c2[nH]c3ccccc3c12. The van der Waals surface area contributed by atoms with Crippen LogP contribution in [0.15, 0.2) is 30.3 Å². The molecule has 0 unspecified atom stereocenters. The van der Waals surface area contributed by atoms with Crippen LogP contribution in [0.1, 0.15) is 32.6 Å². The minimum absolute atomic E-state index is 0.0102. The number of aromatic nitrogens is 1. The predicted octanol–water partition coefficient (Wildman–Crippen LogP) is 5.86. The fourth-order valence-electron chi connectivity index (χ4n) is 3.82. The lowest BCUT2D eigenvalue weighted by atomic mass is 9.92. The van der Waals surface area contributed by atoms with Crippen molar-refractivity contribution in [2.24, 2.45) is 0 Å². The van der Waals surface area contributed by atoms with Crippen LogP contribution in [0.3, 0.4) is 0 Å². The summed E-state index contributed by atoms with van der Waals surface area (Å²) in [6, 6.07) is 9.96. The highest BCUT2D eigenvalue weighted by molar-refractivity contribution is 7.12. The summed E-state index contributed by atoms with van der Waals surface area (Å²) in [5, 5.41) is 12.6. The number of phenolic OH excluding ortho intramolecular Hbond substituents is 1. The first-order chi connectivity index (χ1) is 12.9. The molecule has 2 aromatic heterocycles. The number of hydrogen-bond acceptors (Lipinski definition) is 4. The summed E-state index contributed by atoms with van der Waals surface area (Å²) < 4.78 is 5.25. The Balaban J connectivity index is 2.21. The van der Waals surface area contributed by atoms with Gasteiger partial charge in [0.2, 0.25) is 0 Å². The van der Waals surface area contributed by atoms with Gasteiger partial charge in [0.1, 0.15) is 11.3 Å². The number of H-pyrrole nitrogens is 1. The number of phenols is 1. The zero-order chi connectivity index (χ0) is 19.3. The molecule has 0 spiro atoms. The average molecular weight is 379 g/mol. The van der Waals surface area contributed by atoms with Gasteiger partial charge in [-0.05, 0) is 45.4 Å². The molecule has 2 aromatic carbocycles. The van der Waals surface area contributed by atoms with Crippen LogP contribution in [0.4, 0.5) is 0 Å². The number of esters is 1. The minimum atomic E-state index is -0.502. The second-order valence-corrected chi connectivity index (χ2v) is 8.15. The standard InChI is InChI=1S/C22H21NO3S/c1-5-26-22(25)19-18-14-8-6-7-9-16(14)23-20(18)17(12(3)21(19)24)15-10-11(2)27-13(15)4/h6-10,23-24H,5H2,1-4H3. The van der Waals surface area contributed by atoms with Crippen LogP contribution >= 0.6 is 11.3 Å². The van der Waals surface area contributed by atoms with E-state index in [0.717, 1.165) is 27.5 Å². The first kappa shape index (κ1) is 17.6. The van der Waals surface area contributed by atoms with Gasteiger partial charge >= 0.3 is 5.97 Å². The van der Waals surface area contributed by atoms with E-state index in [1.807, 2.05) is 31.2 Å². The molecule has 4 nitrogen and oxygen atoms in total. The molecule has 0 fully saturated rings. The molecular weight excluding hydrogens is 358 g/mol. The Labute approximate surface area is 161 Å². The Kier molecular flexibility index (Phi) is 4.19. The molecule has 4 rings (SSSR count). The third-order valence-corrected chi connectivity index (χ3v) is 5.93. The van der Waals surface area contributed by atoms with Gasteiger partial charge in [-0.2, -0.15) is 0 Å². The first-order valence-electron chi connectivity index (χ1n) is 8.94. The number of fused-ring (bicyclic) bond motifs is 3. The van der Waals surface area contributed by atoms with E-state index >= 15 is 0 Å². The number of carbonyl (C=O) groups is 1. The van der Waals surface area contributed by atoms with Crippen LogP contribution in [-0.4, -0.2) is 22.7 Å². The molecule has 2 N–H and O–H groups in total. The molecule has 0 radical (unpaired) electrons. The fourth-order valence-corrected chi connectivity index (χ4v) is 4.75. The second kappa shape index (κ2) is 6.43. The molecule has 0 aliphatic heterocycles. The van der Waals surface area contributed by atoms with Crippen LogP contribution in [0, 0.1) is 20.8 Å². The summed E-state index contributed by atoms with van der Waals surface area (Å²) >= 11 is 1.73. The van der Waals surface area contributed by atoms with Crippen molar-refractivity contribution < 1.29 is 14.6 Å². The van der Waals surface area contributed by atoms with Gasteiger partial charge in [0, 0.05) is 37.2 Å². The van der Waals surface area contributed by atoms with Crippen LogP contribution in [-0.2, 0) is 4.74 Å². The van der Waals surface area contributed by atoms with Crippen molar-refractivity contribution in [2.75, 3.05) is 6.61 Å². The molecule has 27 heavy (non-hydrogen) atoms. The summed E-state index contributed by atoms with van der Waals surface area (Å²) in [4.78, 5) is 18.6. The van der Waals surface area contributed by atoms with Gasteiger partial charge in [0.15, 0.2) is 0 Å². The predicted molar refractivity (Wildman–Crippen MR) is 111 cm³/mol. The topological polar surface area (TPSA) is 62.3 Å². The van der Waals surface area contributed by atoms with Gasteiger partial charge in [0.05, 0.1) is 12.1 Å². The molecule has 2 heterocycles. The largest absolute Gasteiger partial charge is 0.507 e. The lowest BCUT2D eigenvalue weighted by Crippen LogP contribution is -2.07. The maximum Gasteiger partial charge on any atom is 0.342 e. The molecule has 0 aliphatic carbocycles. The van der Waals surface area contributed by atoms with Crippen molar-refractivity contribution in [3.05, 3.63) is 51.2 Å². The molecule has 0 amide bonds. The highest BCUT2D eigenvalue weighted by Gasteiger charge is 2.27. The number of ether oxygens (including phenoxy) is 1. The smallest absolute Gasteiger partial charge is 0.342 e. The molecule has 0 bridgehead atoms. The number of thiophene rings is 1. The Bertz CT molecular complexity index is 1200. The Morgan fingerprint density at radius 3 is 2.63 bits per heavy atom. The van der Waals surface area contributed by atoms with Gasteiger partial charge in [-0.3, -0.25) is 0 Å². The molecule has 0 saturated heterocycles. The summed E-state index contributed by atoms with van der Waals surface area (Å²) in [6.45, 7) is 8.03. The zero-order valence-corrected chi connectivity index (χ0v) is 16.6. The van der Waals surface area contributed by atoms with Gasteiger partial charge in [0.25, 0.3) is 0 Å². The van der Waals surface area contributed by atoms with E-state index < -0.39 is 5.97 Å². The third kappa shape index (κ3) is 2.61. The van der Waals surface area contributed by atoms with Gasteiger partial charge < -0.3 is 14.8 Å². The van der Waals surface area contributed by atoms with Gasteiger partial charge in [-0.25, -0.2) is 4.79 Å². The van der Waals surface area contributed by atoms with Crippen molar-refractivity contribution in [2.45, 2.75) is 27.7 Å². The molecule has 0 aliphatic rings. The lowest BCUT2D eigenvalue weighted by molar-refractivity contribution is 0.0525. The van der Waals surface area contributed by atoms with Crippen LogP contribution in [0.25, 0.3) is 32.9 Å². The van der Waals surface area contributed by atoms with Crippen molar-refractivity contribution in [3.8, 4) is 16.9 Å². The third-order valence-electron chi connectivity index (χ3n) is 4.96. The summed E-state index contributed by atoms with van der Waals surface area (Å²) in [6.07, 6.45) is 0. The van der Waals surface area contributed by atoms with E-state index in [2.05, 4.69) is 24.9 Å². The highest BCUT2D eigenvalue weighted by atomic mass is 32.1. The van der Waals surface area contributed by atoms with Crippen LogP contribution < -0.4 is 0 Å². The lowest BCUT2D eigenvalue weighted by Gasteiger charge is -2.14. The number of carbonyl (C=O) groups excluding carboxylic acids is 1. The summed E-state index contributed by atoms with van der Waals surface area (Å²) in [5.74, 6) is -0.512. The molecule has 0 atom stereocenters. The highest BCUT2D eigenvalue weighted by Crippen LogP contribution is 2.45. The van der Waals surface area contributed by atoms with Crippen LogP contribution in [0.5, 0.6) is 5.75 Å². The van der Waals surface area contributed by atoms with E-state index in [4.69, 9.17) is 4.74 Å². The average Bonchev–Trinajstić information content (AvgIpc) is 3.16. The maximum atomic E-state index is 12.7. The van der Waals surface area contributed by atoms with Gasteiger partial charge in [-0.1, -0.05) is 18.2 Å². The van der Waals surface area contributed by atoms with Gasteiger partial charge in [-0.15, -0.1) is 11.3 Å². The number of para-hydroxylation sites is 1. The number of hydrogen-bond donors (Lipinski definition) is 2. The molecular formula is C22H21NO3S. The van der Waals surface area contributed by atoms with E-state index in [0.29, 0.717) is 10.9 Å². The normalized spacial score (nSPS) is 11.4. The van der Waals surface area contributed by atoms with E-state index in [-0.39, 0.29) is 17.9 Å². The van der Waals surface area contributed by atoms with Crippen molar-refractivity contribution in [3.63, 3.8) is 0 Å². The number of benzene rings is 2. The van der Waals surface area contributed by atoms with Crippen molar-refractivity contribution in [1.29, 1.82) is 0 Å². The number of aromatic amines is 1. The van der Waals surface area contributed by atoms with Crippen LogP contribution in [0.2, 0.25) is 0 Å². The number of nitrogens with one attached hydrogen (secondary N) is 1. The number of rotatable bonds is 3. The van der Waals surface area contributed by atoms with Crippen molar-refractivity contribution >= 4 is 39.1 Å². The minimum Gasteiger partial charge on any atom is -0.507 e. The fraction of sp³-hybridized carbons (Fsp3) is 0.227. The summed E-state index contributed by atoms with van der Waals surface area (Å²) in [7, 11) is 0. The first-order valence-corrected chi connectivity index (χ1v) is 9.76. The number of aromatic hydroxyl groups is 1. The Hall–Kier alpha value is -2.79. The van der Waals surface area contributed by atoms with E-state index in [1.165, 1.54) is 9.75 Å². The Morgan fingerprint density at radius 2 is 1.96 bits per heavy atom. The maximum absolute atomic E-state index is 12.7. The molecule has 0 saturated carbocycles. The second-order valence-electron chi connectivity index (χ2n) is 6.69. The molecule has 4 aromatic rings.